The van der Waals surface area contributed by atoms with Crippen molar-refractivity contribution in [3.63, 3.8) is 0 Å². The summed E-state index contributed by atoms with van der Waals surface area (Å²) in [5.41, 5.74) is 0.984. The van der Waals surface area contributed by atoms with Crippen molar-refractivity contribution in [2.24, 2.45) is 0 Å². The summed E-state index contributed by atoms with van der Waals surface area (Å²) in [6, 6.07) is 9.38. The van der Waals surface area contributed by atoms with Crippen LogP contribution in [-0.4, -0.2) is 17.6 Å². The van der Waals surface area contributed by atoms with Crippen molar-refractivity contribution in [1.29, 1.82) is 0 Å². The van der Waals surface area contributed by atoms with Gasteiger partial charge in [0.15, 0.2) is 0 Å². The second-order valence-electron chi connectivity index (χ2n) is 4.83. The Hall–Kier alpha value is -2.15. The molecule has 0 saturated carbocycles. The quantitative estimate of drug-likeness (QED) is 0.665. The van der Waals surface area contributed by atoms with Gasteiger partial charge in [0.1, 0.15) is 17.6 Å². The van der Waals surface area contributed by atoms with Crippen LogP contribution in [-0.2, 0) is 4.79 Å². The Morgan fingerprint density at radius 3 is 2.96 bits per heavy atom. The lowest BCUT2D eigenvalue weighted by atomic mass is 10.2. The van der Waals surface area contributed by atoms with E-state index < -0.39 is 6.10 Å². The minimum Gasteiger partial charge on any atom is -0.457 e. The number of hydrogen-bond acceptors (Lipinski definition) is 5. The Kier molecular flexibility index (Phi) is 5.07. The summed E-state index contributed by atoms with van der Waals surface area (Å²) in [4.78, 5) is 12.7. The molecular formula is C17H15NO3S2. The average Bonchev–Trinajstić information content (AvgIpc) is 3.31. The van der Waals surface area contributed by atoms with E-state index in [4.69, 9.17) is 4.42 Å². The number of aliphatic hydroxyl groups excluding tert-OH is 1. The lowest BCUT2D eigenvalue weighted by Gasteiger charge is -2.08. The summed E-state index contributed by atoms with van der Waals surface area (Å²) in [5.74, 6) is 0.911. The maximum atomic E-state index is 11.7. The predicted octanol–water partition coefficient (Wildman–Crippen LogP) is 3.93. The molecule has 0 bridgehead atoms. The molecule has 2 N–H and O–H groups in total. The molecule has 0 aromatic carbocycles. The van der Waals surface area contributed by atoms with Gasteiger partial charge in [0.05, 0.1) is 11.4 Å². The Bertz CT molecular complexity index is 773. The van der Waals surface area contributed by atoms with E-state index in [-0.39, 0.29) is 12.5 Å². The number of furan rings is 1. The number of aliphatic hydroxyl groups is 1. The summed E-state index contributed by atoms with van der Waals surface area (Å²) in [5, 5.41) is 18.6. The van der Waals surface area contributed by atoms with Crippen LogP contribution in [0.2, 0.25) is 0 Å². The number of nitrogens with one attached hydrogen (secondary N) is 1. The molecule has 0 aliphatic rings. The number of hydrogen-bond donors (Lipinski definition) is 2. The first-order valence-electron chi connectivity index (χ1n) is 7.02. The summed E-state index contributed by atoms with van der Waals surface area (Å²) < 4.78 is 5.63. The maximum absolute atomic E-state index is 11.7. The van der Waals surface area contributed by atoms with E-state index >= 15 is 0 Å². The first-order valence-corrected chi connectivity index (χ1v) is 8.84. The van der Waals surface area contributed by atoms with Crippen LogP contribution >= 0.6 is 22.7 Å². The van der Waals surface area contributed by atoms with Gasteiger partial charge in [0, 0.05) is 6.08 Å². The van der Waals surface area contributed by atoms with E-state index in [2.05, 4.69) is 5.32 Å². The molecule has 4 nitrogen and oxygen atoms in total. The number of carbonyl (C=O) groups is 1. The lowest BCUT2D eigenvalue weighted by Crippen LogP contribution is -2.26. The second kappa shape index (κ2) is 7.41. The molecule has 0 aliphatic heterocycles. The summed E-state index contributed by atoms with van der Waals surface area (Å²) in [7, 11) is 0. The highest BCUT2D eigenvalue weighted by atomic mass is 32.1. The number of amides is 1. The monoisotopic (exact) mass is 345 g/mol. The predicted molar refractivity (Wildman–Crippen MR) is 93.3 cm³/mol. The molecule has 3 aromatic rings. The highest BCUT2D eigenvalue weighted by Gasteiger charge is 2.14. The van der Waals surface area contributed by atoms with Crippen molar-refractivity contribution in [2.75, 3.05) is 6.54 Å². The Morgan fingerprint density at radius 2 is 2.22 bits per heavy atom. The van der Waals surface area contributed by atoms with E-state index in [1.54, 1.807) is 34.8 Å². The van der Waals surface area contributed by atoms with Crippen LogP contribution in [0.15, 0.2) is 57.0 Å². The molecule has 118 valence electrons. The smallest absolute Gasteiger partial charge is 0.244 e. The zero-order valence-electron chi connectivity index (χ0n) is 12.1. The van der Waals surface area contributed by atoms with Crippen molar-refractivity contribution >= 4 is 34.7 Å². The zero-order valence-corrected chi connectivity index (χ0v) is 13.8. The van der Waals surface area contributed by atoms with Gasteiger partial charge < -0.3 is 14.8 Å². The highest BCUT2D eigenvalue weighted by Crippen LogP contribution is 2.28. The van der Waals surface area contributed by atoms with Gasteiger partial charge in [-0.25, -0.2) is 0 Å². The van der Waals surface area contributed by atoms with Gasteiger partial charge >= 0.3 is 0 Å². The molecule has 3 aromatic heterocycles. The summed E-state index contributed by atoms with van der Waals surface area (Å²) in [6.07, 6.45) is 2.32. The molecule has 3 rings (SSSR count). The molecule has 0 radical (unpaired) electrons. The van der Waals surface area contributed by atoms with Gasteiger partial charge in [-0.15, -0.1) is 11.3 Å². The van der Waals surface area contributed by atoms with Gasteiger partial charge in [0.2, 0.25) is 5.91 Å². The molecule has 6 heteroatoms. The van der Waals surface area contributed by atoms with Crippen LogP contribution < -0.4 is 5.32 Å². The molecular weight excluding hydrogens is 330 g/mol. The standard InChI is InChI=1S/C17H15NO3S2/c19-13(10-18-17(20)6-3-12-7-9-22-11-12)14-4-5-15(21-14)16-2-1-8-23-16/h1-9,11,13,19H,10H2,(H,18,20). The van der Waals surface area contributed by atoms with Crippen LogP contribution in [0.25, 0.3) is 16.7 Å². The zero-order chi connectivity index (χ0) is 16.1. The van der Waals surface area contributed by atoms with Crippen molar-refractivity contribution in [2.45, 2.75) is 6.10 Å². The third kappa shape index (κ3) is 4.19. The molecule has 0 saturated heterocycles. The molecule has 0 spiro atoms. The Labute approximate surface area is 141 Å². The van der Waals surface area contributed by atoms with Gasteiger partial charge in [-0.1, -0.05) is 6.07 Å². The van der Waals surface area contributed by atoms with Crippen molar-refractivity contribution in [3.05, 3.63) is 63.9 Å². The number of rotatable bonds is 6. The van der Waals surface area contributed by atoms with Crippen LogP contribution in [0, 0.1) is 0 Å². The fraction of sp³-hybridized carbons (Fsp3) is 0.118. The Morgan fingerprint density at radius 1 is 1.30 bits per heavy atom. The fourth-order valence-corrected chi connectivity index (χ4v) is 3.30. The molecule has 1 unspecified atom stereocenters. The van der Waals surface area contributed by atoms with Gasteiger partial charge in [-0.2, -0.15) is 11.3 Å². The van der Waals surface area contributed by atoms with Crippen molar-refractivity contribution in [3.8, 4) is 10.6 Å². The van der Waals surface area contributed by atoms with Crippen LogP contribution in [0.4, 0.5) is 0 Å². The summed E-state index contributed by atoms with van der Waals surface area (Å²) >= 11 is 3.14. The minimum atomic E-state index is -0.873. The largest absolute Gasteiger partial charge is 0.457 e. The first-order chi connectivity index (χ1) is 11.2. The van der Waals surface area contributed by atoms with Gasteiger partial charge in [-0.05, 0) is 52.0 Å². The van der Waals surface area contributed by atoms with E-state index in [1.807, 2.05) is 40.4 Å². The number of thiophene rings is 2. The molecule has 1 atom stereocenters. The van der Waals surface area contributed by atoms with E-state index in [9.17, 15) is 9.90 Å². The topological polar surface area (TPSA) is 62.5 Å². The van der Waals surface area contributed by atoms with Gasteiger partial charge in [0.25, 0.3) is 0 Å². The third-order valence-corrected chi connectivity index (χ3v) is 4.75. The normalized spacial score (nSPS) is 12.6. The van der Waals surface area contributed by atoms with Gasteiger partial charge in [-0.3, -0.25) is 4.79 Å². The third-order valence-electron chi connectivity index (χ3n) is 3.16. The molecule has 0 aliphatic carbocycles. The Balaban J connectivity index is 1.53. The molecule has 0 fully saturated rings. The van der Waals surface area contributed by atoms with E-state index in [0.29, 0.717) is 5.76 Å². The molecule has 3 heterocycles. The SMILES string of the molecule is O=C(C=Cc1ccsc1)NCC(O)c1ccc(-c2cccs2)o1. The van der Waals surface area contributed by atoms with Crippen molar-refractivity contribution < 1.29 is 14.3 Å². The minimum absolute atomic E-state index is 0.101. The van der Waals surface area contributed by atoms with E-state index in [0.717, 1.165) is 16.2 Å². The average molecular weight is 345 g/mol. The van der Waals surface area contributed by atoms with E-state index in [1.165, 1.54) is 6.08 Å². The fourth-order valence-electron chi connectivity index (χ4n) is 1.98. The number of carbonyl (C=O) groups excluding carboxylic acids is 1. The van der Waals surface area contributed by atoms with Crippen LogP contribution in [0.5, 0.6) is 0 Å². The lowest BCUT2D eigenvalue weighted by molar-refractivity contribution is -0.116. The molecule has 23 heavy (non-hydrogen) atoms. The van der Waals surface area contributed by atoms with Crippen molar-refractivity contribution in [1.82, 2.24) is 5.32 Å². The van der Waals surface area contributed by atoms with Crippen LogP contribution in [0.1, 0.15) is 17.4 Å². The molecule has 1 amide bonds. The van der Waals surface area contributed by atoms with Crippen LogP contribution in [0.3, 0.4) is 0 Å². The first kappa shape index (κ1) is 15.7. The second-order valence-corrected chi connectivity index (χ2v) is 6.56. The maximum Gasteiger partial charge on any atom is 0.244 e. The summed E-state index contributed by atoms with van der Waals surface area (Å²) in [6.45, 7) is 0.101. The highest BCUT2D eigenvalue weighted by molar-refractivity contribution is 7.13.